The van der Waals surface area contributed by atoms with Gasteiger partial charge in [-0.2, -0.15) is 0 Å². The second-order valence-corrected chi connectivity index (χ2v) is 5.57. The summed E-state index contributed by atoms with van der Waals surface area (Å²) in [5.74, 6) is 0.364. The van der Waals surface area contributed by atoms with E-state index in [0.717, 1.165) is 38.9 Å². The number of ether oxygens (including phenoxy) is 1. The van der Waals surface area contributed by atoms with Crippen LogP contribution in [0, 0.1) is 11.3 Å². The molecule has 0 aromatic rings. The summed E-state index contributed by atoms with van der Waals surface area (Å²) in [5, 5.41) is 3.28. The Balaban J connectivity index is 2.31. The molecule has 0 saturated carbocycles. The molecule has 16 heavy (non-hydrogen) atoms. The Morgan fingerprint density at radius 1 is 1.44 bits per heavy atom. The standard InChI is InChI=1S/C13H23NO2/c1-4-5-12(3)10(2)11(15)14-13(12)6-8-16-9-7-13/h10H,4-9H2,1-3H3,(H,14,15). The Morgan fingerprint density at radius 3 is 2.62 bits per heavy atom. The maximum Gasteiger partial charge on any atom is 0.223 e. The zero-order valence-electron chi connectivity index (χ0n) is 10.6. The number of rotatable bonds is 2. The first-order valence-electron chi connectivity index (χ1n) is 6.45. The average molecular weight is 225 g/mol. The molecule has 3 nitrogen and oxygen atoms in total. The van der Waals surface area contributed by atoms with Crippen LogP contribution in [0.1, 0.15) is 46.5 Å². The van der Waals surface area contributed by atoms with Crippen molar-refractivity contribution in [3.63, 3.8) is 0 Å². The van der Waals surface area contributed by atoms with Crippen LogP contribution in [-0.2, 0) is 9.53 Å². The largest absolute Gasteiger partial charge is 0.381 e. The van der Waals surface area contributed by atoms with E-state index in [9.17, 15) is 4.79 Å². The van der Waals surface area contributed by atoms with Crippen molar-refractivity contribution < 1.29 is 9.53 Å². The Morgan fingerprint density at radius 2 is 2.06 bits per heavy atom. The minimum Gasteiger partial charge on any atom is -0.381 e. The van der Waals surface area contributed by atoms with E-state index < -0.39 is 0 Å². The second-order valence-electron chi connectivity index (χ2n) is 5.57. The molecule has 0 aliphatic carbocycles. The first-order valence-corrected chi connectivity index (χ1v) is 6.45. The summed E-state index contributed by atoms with van der Waals surface area (Å²) < 4.78 is 5.45. The molecule has 2 heterocycles. The molecule has 2 saturated heterocycles. The fraction of sp³-hybridized carbons (Fsp3) is 0.923. The van der Waals surface area contributed by atoms with Crippen LogP contribution in [0.4, 0.5) is 0 Å². The summed E-state index contributed by atoms with van der Waals surface area (Å²) in [4.78, 5) is 12.0. The van der Waals surface area contributed by atoms with Gasteiger partial charge < -0.3 is 10.1 Å². The maximum absolute atomic E-state index is 12.0. The third kappa shape index (κ3) is 1.48. The van der Waals surface area contributed by atoms with Gasteiger partial charge in [0.15, 0.2) is 0 Å². The van der Waals surface area contributed by atoms with E-state index in [0.29, 0.717) is 0 Å². The van der Waals surface area contributed by atoms with Gasteiger partial charge in [0.25, 0.3) is 0 Å². The third-order valence-corrected chi connectivity index (χ3v) is 4.92. The van der Waals surface area contributed by atoms with Crippen LogP contribution in [0.2, 0.25) is 0 Å². The van der Waals surface area contributed by atoms with Gasteiger partial charge >= 0.3 is 0 Å². The van der Waals surface area contributed by atoms with Gasteiger partial charge in [0.05, 0.1) is 5.54 Å². The van der Waals surface area contributed by atoms with E-state index in [1.54, 1.807) is 0 Å². The fourth-order valence-corrected chi connectivity index (χ4v) is 3.58. The number of carbonyl (C=O) groups excluding carboxylic acids is 1. The van der Waals surface area contributed by atoms with Crippen molar-refractivity contribution in [3.8, 4) is 0 Å². The zero-order valence-corrected chi connectivity index (χ0v) is 10.6. The average Bonchev–Trinajstić information content (AvgIpc) is 2.44. The molecule has 2 unspecified atom stereocenters. The Bertz CT molecular complexity index is 281. The van der Waals surface area contributed by atoms with Gasteiger partial charge in [-0.1, -0.05) is 27.2 Å². The topological polar surface area (TPSA) is 38.3 Å². The predicted octanol–water partition coefficient (Wildman–Crippen LogP) is 2.11. The molecular formula is C13H23NO2. The SMILES string of the molecule is CCCC1(C)C(C)C(=O)NC12CCOCC2. The van der Waals surface area contributed by atoms with Crippen molar-refractivity contribution in [2.24, 2.45) is 11.3 Å². The number of carbonyl (C=O) groups is 1. The normalized spacial score (nSPS) is 37.7. The molecule has 2 atom stereocenters. The van der Waals surface area contributed by atoms with Crippen LogP contribution in [0.3, 0.4) is 0 Å². The molecule has 2 aliphatic heterocycles. The van der Waals surface area contributed by atoms with Crippen molar-refractivity contribution in [1.29, 1.82) is 0 Å². The maximum atomic E-state index is 12.0. The Hall–Kier alpha value is -0.570. The molecule has 2 aliphatic rings. The lowest BCUT2D eigenvalue weighted by Gasteiger charge is -2.47. The summed E-state index contributed by atoms with van der Waals surface area (Å²) in [5.41, 5.74) is 0.0976. The molecule has 1 amide bonds. The summed E-state index contributed by atoms with van der Waals surface area (Å²) in [6, 6.07) is 0. The van der Waals surface area contributed by atoms with E-state index in [1.807, 2.05) is 0 Å². The highest BCUT2D eigenvalue weighted by Gasteiger charge is 2.58. The quantitative estimate of drug-likeness (QED) is 0.781. The first-order chi connectivity index (χ1) is 7.56. The molecule has 1 N–H and O–H groups in total. The molecule has 0 aromatic carbocycles. The molecular weight excluding hydrogens is 202 g/mol. The van der Waals surface area contributed by atoms with Crippen LogP contribution >= 0.6 is 0 Å². The fourth-order valence-electron chi connectivity index (χ4n) is 3.58. The van der Waals surface area contributed by atoms with Gasteiger partial charge in [-0.15, -0.1) is 0 Å². The third-order valence-electron chi connectivity index (χ3n) is 4.92. The molecule has 2 fully saturated rings. The molecule has 0 radical (unpaired) electrons. The highest BCUT2D eigenvalue weighted by Crippen LogP contribution is 2.51. The lowest BCUT2D eigenvalue weighted by molar-refractivity contribution is -0.123. The van der Waals surface area contributed by atoms with Gasteiger partial charge in [-0.3, -0.25) is 4.79 Å². The van der Waals surface area contributed by atoms with Crippen LogP contribution in [0.15, 0.2) is 0 Å². The van der Waals surface area contributed by atoms with Crippen molar-refractivity contribution >= 4 is 5.91 Å². The van der Waals surface area contributed by atoms with Gasteiger partial charge in [0, 0.05) is 24.5 Å². The van der Waals surface area contributed by atoms with Crippen LogP contribution in [-0.4, -0.2) is 24.7 Å². The zero-order chi connectivity index (χ0) is 11.8. The van der Waals surface area contributed by atoms with Gasteiger partial charge in [0.1, 0.15) is 0 Å². The lowest BCUT2D eigenvalue weighted by Crippen LogP contribution is -2.55. The second kappa shape index (κ2) is 4.02. The predicted molar refractivity (Wildman–Crippen MR) is 63.1 cm³/mol. The highest BCUT2D eigenvalue weighted by atomic mass is 16.5. The number of hydrogen-bond donors (Lipinski definition) is 1. The van der Waals surface area contributed by atoms with Crippen LogP contribution in [0.5, 0.6) is 0 Å². The lowest BCUT2D eigenvalue weighted by atomic mass is 9.61. The van der Waals surface area contributed by atoms with E-state index in [4.69, 9.17) is 4.74 Å². The molecule has 3 heteroatoms. The van der Waals surface area contributed by atoms with Crippen molar-refractivity contribution in [1.82, 2.24) is 5.32 Å². The highest BCUT2D eigenvalue weighted by molar-refractivity contribution is 5.83. The van der Waals surface area contributed by atoms with Gasteiger partial charge in [0.2, 0.25) is 5.91 Å². The van der Waals surface area contributed by atoms with Gasteiger partial charge in [-0.05, 0) is 19.3 Å². The number of amides is 1. The number of nitrogens with one attached hydrogen (secondary N) is 1. The van der Waals surface area contributed by atoms with Gasteiger partial charge in [-0.25, -0.2) is 0 Å². The minimum atomic E-state index is -0.00222. The number of hydrogen-bond acceptors (Lipinski definition) is 2. The van der Waals surface area contributed by atoms with E-state index in [-0.39, 0.29) is 22.8 Å². The Kier molecular flexibility index (Phi) is 2.99. The molecule has 1 spiro atoms. The summed E-state index contributed by atoms with van der Waals surface area (Å²) in [6.07, 6.45) is 4.20. The van der Waals surface area contributed by atoms with E-state index >= 15 is 0 Å². The smallest absolute Gasteiger partial charge is 0.223 e. The molecule has 92 valence electrons. The van der Waals surface area contributed by atoms with Crippen molar-refractivity contribution in [2.45, 2.75) is 52.0 Å². The first kappa shape index (κ1) is 11.9. The summed E-state index contributed by atoms with van der Waals surface area (Å²) in [7, 11) is 0. The van der Waals surface area contributed by atoms with Crippen LogP contribution < -0.4 is 5.32 Å². The molecule has 2 rings (SSSR count). The molecule has 0 aromatic heterocycles. The minimum absolute atomic E-state index is 0.00222. The van der Waals surface area contributed by atoms with E-state index in [2.05, 4.69) is 26.1 Å². The monoisotopic (exact) mass is 225 g/mol. The van der Waals surface area contributed by atoms with Crippen molar-refractivity contribution in [2.75, 3.05) is 13.2 Å². The van der Waals surface area contributed by atoms with Crippen LogP contribution in [0.25, 0.3) is 0 Å². The summed E-state index contributed by atoms with van der Waals surface area (Å²) in [6.45, 7) is 8.13. The van der Waals surface area contributed by atoms with Crippen molar-refractivity contribution in [3.05, 3.63) is 0 Å². The molecule has 0 bridgehead atoms. The van der Waals surface area contributed by atoms with E-state index in [1.165, 1.54) is 0 Å². The Labute approximate surface area is 97.9 Å². The summed E-state index contributed by atoms with van der Waals surface area (Å²) >= 11 is 0.